The molecule has 0 spiro atoms. The van der Waals surface area contributed by atoms with Crippen LogP contribution in [-0.2, 0) is 4.79 Å². The second-order valence-corrected chi connectivity index (χ2v) is 6.59. The molecule has 1 rings (SSSR count). The Balaban J connectivity index is 1.96. The van der Waals surface area contributed by atoms with Crippen LogP contribution in [0.5, 0.6) is 0 Å². The van der Waals surface area contributed by atoms with Crippen LogP contribution < -0.4 is 10.6 Å². The highest BCUT2D eigenvalue weighted by molar-refractivity contribution is 5.76. The third-order valence-electron chi connectivity index (χ3n) is 3.50. The largest absolute Gasteiger partial charge is 0.351 e. The average Bonchev–Trinajstić information content (AvgIpc) is 2.27. The summed E-state index contributed by atoms with van der Waals surface area (Å²) in [6.07, 6.45) is 8.94. The van der Waals surface area contributed by atoms with Gasteiger partial charge in [0.05, 0.1) is 0 Å². The first-order valence-electron chi connectivity index (χ1n) is 7.49. The molecule has 0 radical (unpaired) electrons. The summed E-state index contributed by atoms with van der Waals surface area (Å²) in [6.45, 7) is 7.91. The van der Waals surface area contributed by atoms with Gasteiger partial charge in [-0.1, -0.05) is 32.1 Å². The van der Waals surface area contributed by atoms with E-state index in [0.29, 0.717) is 6.42 Å². The van der Waals surface area contributed by atoms with Crippen molar-refractivity contribution in [3.8, 4) is 0 Å². The Kier molecular flexibility index (Phi) is 6.69. The van der Waals surface area contributed by atoms with E-state index in [9.17, 15) is 4.79 Å². The summed E-state index contributed by atoms with van der Waals surface area (Å²) in [4.78, 5) is 11.6. The lowest BCUT2D eigenvalue weighted by Crippen LogP contribution is -2.41. The minimum Gasteiger partial charge on any atom is -0.351 e. The number of nitrogens with one attached hydrogen (secondary N) is 2. The van der Waals surface area contributed by atoms with Gasteiger partial charge in [0.2, 0.25) is 5.91 Å². The molecule has 3 nitrogen and oxygen atoms in total. The fourth-order valence-corrected chi connectivity index (χ4v) is 2.59. The van der Waals surface area contributed by atoms with Crippen molar-refractivity contribution in [3.05, 3.63) is 0 Å². The molecule has 3 heteroatoms. The van der Waals surface area contributed by atoms with Crippen LogP contribution >= 0.6 is 0 Å². The highest BCUT2D eigenvalue weighted by Crippen LogP contribution is 2.25. The third-order valence-corrected chi connectivity index (χ3v) is 3.50. The third kappa shape index (κ3) is 7.70. The molecule has 106 valence electrons. The molecule has 1 fully saturated rings. The molecule has 0 bridgehead atoms. The molecule has 18 heavy (non-hydrogen) atoms. The van der Waals surface area contributed by atoms with Gasteiger partial charge in [-0.15, -0.1) is 0 Å². The Hall–Kier alpha value is -0.570. The molecule has 1 amide bonds. The van der Waals surface area contributed by atoms with Crippen molar-refractivity contribution in [2.24, 2.45) is 5.92 Å². The van der Waals surface area contributed by atoms with Gasteiger partial charge in [0.15, 0.2) is 0 Å². The number of hydrogen-bond acceptors (Lipinski definition) is 2. The number of carbonyl (C=O) groups is 1. The van der Waals surface area contributed by atoms with Gasteiger partial charge in [0.25, 0.3) is 0 Å². The van der Waals surface area contributed by atoms with Crippen LogP contribution in [0.3, 0.4) is 0 Å². The van der Waals surface area contributed by atoms with Gasteiger partial charge in [0, 0.05) is 18.5 Å². The minimum absolute atomic E-state index is 0.112. The van der Waals surface area contributed by atoms with Gasteiger partial charge in [-0.05, 0) is 39.7 Å². The van der Waals surface area contributed by atoms with E-state index in [-0.39, 0.29) is 11.4 Å². The van der Waals surface area contributed by atoms with Crippen molar-refractivity contribution in [1.29, 1.82) is 0 Å². The van der Waals surface area contributed by atoms with E-state index in [4.69, 9.17) is 0 Å². The van der Waals surface area contributed by atoms with Crippen LogP contribution in [0.1, 0.15) is 65.7 Å². The summed E-state index contributed by atoms with van der Waals surface area (Å²) in [7, 11) is 0. The number of hydrogen-bond donors (Lipinski definition) is 2. The topological polar surface area (TPSA) is 41.1 Å². The molecule has 0 unspecified atom stereocenters. The fourth-order valence-electron chi connectivity index (χ4n) is 2.59. The normalized spacial score (nSPS) is 17.7. The van der Waals surface area contributed by atoms with Crippen LogP contribution in [0.25, 0.3) is 0 Å². The van der Waals surface area contributed by atoms with Gasteiger partial charge in [-0.2, -0.15) is 0 Å². The quantitative estimate of drug-likeness (QED) is 0.716. The van der Waals surface area contributed by atoms with Gasteiger partial charge in [0.1, 0.15) is 0 Å². The second kappa shape index (κ2) is 7.78. The smallest absolute Gasteiger partial charge is 0.221 e. The number of rotatable bonds is 6. The minimum atomic E-state index is -0.112. The summed E-state index contributed by atoms with van der Waals surface area (Å²) < 4.78 is 0. The summed E-state index contributed by atoms with van der Waals surface area (Å²) in [5, 5.41) is 6.37. The lowest BCUT2D eigenvalue weighted by Gasteiger charge is -2.22. The maximum Gasteiger partial charge on any atom is 0.221 e. The standard InChI is InChI=1S/C15H30N2O/c1-15(2,3)17-14(18)10-12-16-11-9-13-7-5-4-6-8-13/h13,16H,4-12H2,1-3H3,(H,17,18). The molecule has 0 heterocycles. The molecular formula is C15H30N2O. The first-order chi connectivity index (χ1) is 8.47. The first-order valence-corrected chi connectivity index (χ1v) is 7.49. The predicted octanol–water partition coefficient (Wildman–Crippen LogP) is 2.85. The Morgan fingerprint density at radius 1 is 1.11 bits per heavy atom. The predicted molar refractivity (Wildman–Crippen MR) is 76.6 cm³/mol. The van der Waals surface area contributed by atoms with Gasteiger partial charge < -0.3 is 10.6 Å². The molecule has 0 aliphatic heterocycles. The Bertz CT molecular complexity index is 239. The Labute approximate surface area is 112 Å². The van der Waals surface area contributed by atoms with Crippen molar-refractivity contribution in [2.75, 3.05) is 13.1 Å². The van der Waals surface area contributed by atoms with Crippen LogP contribution in [0, 0.1) is 5.92 Å². The SMILES string of the molecule is CC(C)(C)NC(=O)CCNCCC1CCCCC1. The van der Waals surface area contributed by atoms with E-state index in [1.807, 2.05) is 20.8 Å². The van der Waals surface area contributed by atoms with E-state index in [0.717, 1.165) is 19.0 Å². The molecule has 0 aromatic rings. The van der Waals surface area contributed by atoms with Gasteiger partial charge in [-0.25, -0.2) is 0 Å². The zero-order chi connectivity index (χ0) is 13.4. The summed E-state index contributed by atoms with van der Waals surface area (Å²) in [5.41, 5.74) is -0.112. The summed E-state index contributed by atoms with van der Waals surface area (Å²) in [6, 6.07) is 0. The second-order valence-electron chi connectivity index (χ2n) is 6.59. The monoisotopic (exact) mass is 254 g/mol. The van der Waals surface area contributed by atoms with Crippen molar-refractivity contribution >= 4 is 5.91 Å². The Morgan fingerprint density at radius 2 is 1.78 bits per heavy atom. The zero-order valence-corrected chi connectivity index (χ0v) is 12.3. The number of amides is 1. The van der Waals surface area contributed by atoms with E-state index >= 15 is 0 Å². The molecule has 0 aromatic heterocycles. The van der Waals surface area contributed by atoms with Crippen LogP contribution in [0.4, 0.5) is 0 Å². The van der Waals surface area contributed by atoms with Gasteiger partial charge in [-0.3, -0.25) is 4.79 Å². The zero-order valence-electron chi connectivity index (χ0n) is 12.3. The van der Waals surface area contributed by atoms with Gasteiger partial charge >= 0.3 is 0 Å². The van der Waals surface area contributed by atoms with Crippen molar-refractivity contribution in [3.63, 3.8) is 0 Å². The molecule has 0 saturated heterocycles. The maximum absolute atomic E-state index is 11.6. The van der Waals surface area contributed by atoms with E-state index in [1.165, 1.54) is 38.5 Å². The molecule has 2 N–H and O–H groups in total. The van der Waals surface area contributed by atoms with Crippen molar-refractivity contribution in [1.82, 2.24) is 10.6 Å². The maximum atomic E-state index is 11.6. The van der Waals surface area contributed by atoms with Crippen molar-refractivity contribution < 1.29 is 4.79 Å². The lowest BCUT2D eigenvalue weighted by atomic mass is 9.87. The number of carbonyl (C=O) groups excluding carboxylic acids is 1. The highest BCUT2D eigenvalue weighted by Gasteiger charge is 2.14. The molecule has 0 aromatic carbocycles. The molecule has 1 aliphatic rings. The first kappa shape index (κ1) is 15.5. The summed E-state index contributed by atoms with van der Waals surface area (Å²) >= 11 is 0. The van der Waals surface area contributed by atoms with Crippen LogP contribution in [0.15, 0.2) is 0 Å². The molecule has 0 atom stereocenters. The molecule has 1 aliphatic carbocycles. The van der Waals surface area contributed by atoms with E-state index < -0.39 is 0 Å². The van der Waals surface area contributed by atoms with E-state index in [1.54, 1.807) is 0 Å². The molecule has 1 saturated carbocycles. The fraction of sp³-hybridized carbons (Fsp3) is 0.933. The average molecular weight is 254 g/mol. The lowest BCUT2D eigenvalue weighted by molar-refractivity contribution is -0.122. The Morgan fingerprint density at radius 3 is 2.39 bits per heavy atom. The van der Waals surface area contributed by atoms with Crippen LogP contribution in [-0.4, -0.2) is 24.5 Å². The highest BCUT2D eigenvalue weighted by atomic mass is 16.1. The molecular weight excluding hydrogens is 224 g/mol. The van der Waals surface area contributed by atoms with E-state index in [2.05, 4.69) is 10.6 Å². The van der Waals surface area contributed by atoms with Crippen LogP contribution in [0.2, 0.25) is 0 Å². The van der Waals surface area contributed by atoms with Crippen molar-refractivity contribution in [2.45, 2.75) is 71.3 Å². The summed E-state index contributed by atoms with van der Waals surface area (Å²) in [5.74, 6) is 1.07.